The zero-order valence-electron chi connectivity index (χ0n) is 16.5. The summed E-state index contributed by atoms with van der Waals surface area (Å²) in [6.45, 7) is 0. The number of halogens is 1. The second-order valence-corrected chi connectivity index (χ2v) is 9.15. The molecule has 4 aromatic rings. The number of hydrazone groups is 1. The molecule has 156 valence electrons. The molecule has 0 aliphatic carbocycles. The zero-order chi connectivity index (χ0) is 21.6. The van der Waals surface area contributed by atoms with Gasteiger partial charge >= 0.3 is 0 Å². The summed E-state index contributed by atoms with van der Waals surface area (Å²) >= 11 is 9.39. The summed E-state index contributed by atoms with van der Waals surface area (Å²) in [6, 6.07) is 20.7. The molecule has 1 N–H and O–H groups in total. The number of nitrogens with one attached hydrogen (secondary N) is 1. The van der Waals surface area contributed by atoms with Gasteiger partial charge in [-0.25, -0.2) is 10.4 Å². The third-order valence-electron chi connectivity index (χ3n) is 4.43. The van der Waals surface area contributed by atoms with E-state index in [4.69, 9.17) is 16.3 Å². The number of ether oxygens (including phenoxy) is 1. The van der Waals surface area contributed by atoms with Gasteiger partial charge in [0.1, 0.15) is 5.75 Å². The lowest BCUT2D eigenvalue weighted by Crippen LogP contribution is -2.17. The van der Waals surface area contributed by atoms with Crippen LogP contribution in [-0.2, 0) is 5.75 Å². The molecule has 1 amide bonds. The second-order valence-electron chi connectivity index (χ2n) is 6.49. The summed E-state index contributed by atoms with van der Waals surface area (Å²) in [4.78, 5) is 16.9. The van der Waals surface area contributed by atoms with E-state index in [9.17, 15) is 4.79 Å². The van der Waals surface area contributed by atoms with Crippen LogP contribution in [0, 0.1) is 0 Å². The van der Waals surface area contributed by atoms with Crippen LogP contribution in [0.25, 0.3) is 10.2 Å². The molecule has 0 aliphatic heterocycles. The Kier molecular flexibility index (Phi) is 6.86. The third-order valence-corrected chi connectivity index (χ3v) is 6.99. The molecule has 0 saturated carbocycles. The predicted molar refractivity (Wildman–Crippen MR) is 129 cm³/mol. The molecular weight excluding hydrogens is 450 g/mol. The Morgan fingerprint density at radius 3 is 2.81 bits per heavy atom. The summed E-state index contributed by atoms with van der Waals surface area (Å²) in [5.41, 5.74) is 5.77. The Morgan fingerprint density at radius 2 is 2.00 bits per heavy atom. The first-order valence-electron chi connectivity index (χ1n) is 9.37. The third kappa shape index (κ3) is 5.25. The fourth-order valence-electron chi connectivity index (χ4n) is 2.91. The number of nitrogens with zero attached hydrogens (tertiary/aromatic N) is 2. The first-order chi connectivity index (χ1) is 15.1. The number of amides is 1. The van der Waals surface area contributed by atoms with Gasteiger partial charge in [0.25, 0.3) is 5.91 Å². The summed E-state index contributed by atoms with van der Waals surface area (Å²) < 4.78 is 7.68. The Labute approximate surface area is 193 Å². The lowest BCUT2D eigenvalue weighted by atomic mass is 10.1. The average molecular weight is 468 g/mol. The molecule has 0 radical (unpaired) electrons. The molecular formula is C23H18ClN3O2S2. The van der Waals surface area contributed by atoms with Gasteiger partial charge in [0.2, 0.25) is 0 Å². The number of thiazole rings is 1. The van der Waals surface area contributed by atoms with Crippen molar-refractivity contribution in [3.8, 4) is 5.75 Å². The van der Waals surface area contributed by atoms with Crippen LogP contribution in [0.15, 0.2) is 76.2 Å². The fraction of sp³-hybridized carbons (Fsp3) is 0.0870. The number of thioether (sulfide) groups is 1. The van der Waals surface area contributed by atoms with Crippen molar-refractivity contribution in [3.05, 3.63) is 88.4 Å². The van der Waals surface area contributed by atoms with Crippen LogP contribution in [0.3, 0.4) is 0 Å². The van der Waals surface area contributed by atoms with E-state index >= 15 is 0 Å². The number of carbonyl (C=O) groups is 1. The van der Waals surface area contributed by atoms with Gasteiger partial charge in [0, 0.05) is 11.3 Å². The van der Waals surface area contributed by atoms with Gasteiger partial charge in [-0.15, -0.1) is 11.3 Å². The van der Waals surface area contributed by atoms with Crippen molar-refractivity contribution in [2.45, 2.75) is 10.1 Å². The molecule has 0 unspecified atom stereocenters. The quantitative estimate of drug-likeness (QED) is 0.205. The molecule has 0 atom stereocenters. The molecule has 1 aromatic heterocycles. The van der Waals surface area contributed by atoms with Crippen molar-refractivity contribution in [2.75, 3.05) is 7.11 Å². The molecule has 8 heteroatoms. The maximum absolute atomic E-state index is 12.2. The predicted octanol–water partition coefficient (Wildman–Crippen LogP) is 6.01. The molecule has 3 aromatic carbocycles. The molecule has 0 aliphatic rings. The first kappa shape index (κ1) is 21.4. The Balaban J connectivity index is 1.44. The minimum absolute atomic E-state index is 0.359. The van der Waals surface area contributed by atoms with Crippen LogP contribution in [0.2, 0.25) is 5.02 Å². The van der Waals surface area contributed by atoms with Crippen LogP contribution < -0.4 is 10.2 Å². The van der Waals surface area contributed by atoms with Gasteiger partial charge in [-0.2, -0.15) is 5.10 Å². The van der Waals surface area contributed by atoms with E-state index in [-0.39, 0.29) is 5.91 Å². The van der Waals surface area contributed by atoms with E-state index in [1.165, 1.54) is 4.70 Å². The van der Waals surface area contributed by atoms with Gasteiger partial charge < -0.3 is 4.74 Å². The lowest BCUT2D eigenvalue weighted by Gasteiger charge is -2.08. The highest BCUT2D eigenvalue weighted by molar-refractivity contribution is 8.00. The molecule has 0 fully saturated rings. The number of aromatic nitrogens is 1. The molecule has 0 saturated heterocycles. The fourth-order valence-corrected chi connectivity index (χ4v) is 5.18. The number of benzene rings is 3. The zero-order valence-corrected chi connectivity index (χ0v) is 18.9. The van der Waals surface area contributed by atoms with E-state index in [0.717, 1.165) is 26.7 Å². The Morgan fingerprint density at radius 1 is 1.19 bits per heavy atom. The molecule has 0 bridgehead atoms. The maximum atomic E-state index is 12.2. The summed E-state index contributed by atoms with van der Waals surface area (Å²) in [6.07, 6.45) is 1.60. The molecule has 1 heterocycles. The highest BCUT2D eigenvalue weighted by atomic mass is 35.5. The first-order valence-corrected chi connectivity index (χ1v) is 11.6. The number of hydrogen-bond acceptors (Lipinski definition) is 6. The number of hydrogen-bond donors (Lipinski definition) is 1. The van der Waals surface area contributed by atoms with E-state index in [0.29, 0.717) is 16.3 Å². The molecule has 31 heavy (non-hydrogen) atoms. The van der Waals surface area contributed by atoms with Crippen LogP contribution in [0.1, 0.15) is 21.5 Å². The van der Waals surface area contributed by atoms with E-state index in [1.54, 1.807) is 60.7 Å². The van der Waals surface area contributed by atoms with Crippen LogP contribution in [-0.4, -0.2) is 24.2 Å². The molecule has 4 rings (SSSR count). The van der Waals surface area contributed by atoms with Gasteiger partial charge in [-0.1, -0.05) is 47.6 Å². The number of para-hydroxylation sites is 1. The van der Waals surface area contributed by atoms with Crippen LogP contribution >= 0.6 is 34.7 Å². The van der Waals surface area contributed by atoms with Crippen molar-refractivity contribution >= 4 is 57.0 Å². The smallest absolute Gasteiger partial charge is 0.272 e. The number of fused-ring (bicyclic) bond motifs is 1. The Hall–Kier alpha value is -2.87. The maximum Gasteiger partial charge on any atom is 0.272 e. The van der Waals surface area contributed by atoms with Gasteiger partial charge in [-0.05, 0) is 48.0 Å². The largest absolute Gasteiger partial charge is 0.496 e. The summed E-state index contributed by atoms with van der Waals surface area (Å²) in [5.74, 6) is 1.14. The van der Waals surface area contributed by atoms with Crippen molar-refractivity contribution < 1.29 is 9.53 Å². The molecule has 5 nitrogen and oxygen atoms in total. The standard InChI is InChI=1S/C23H18ClN3O2S2/c1-29-20-11-10-15(13-25-27-22(28)17-6-2-3-7-18(17)24)12-16(20)14-30-23-26-19-8-4-5-9-21(19)31-23/h2-13H,14H2,1H3,(H,27,28)/b25-13-. The lowest BCUT2D eigenvalue weighted by molar-refractivity contribution is 0.0955. The number of rotatable bonds is 7. The minimum Gasteiger partial charge on any atom is -0.496 e. The van der Waals surface area contributed by atoms with Crippen molar-refractivity contribution in [1.29, 1.82) is 0 Å². The molecule has 0 spiro atoms. The normalized spacial score (nSPS) is 11.2. The van der Waals surface area contributed by atoms with Crippen LogP contribution in [0.4, 0.5) is 0 Å². The van der Waals surface area contributed by atoms with Crippen molar-refractivity contribution in [3.63, 3.8) is 0 Å². The van der Waals surface area contributed by atoms with Gasteiger partial charge in [0.15, 0.2) is 4.34 Å². The highest BCUT2D eigenvalue weighted by Gasteiger charge is 2.10. The Bertz CT molecular complexity index is 1220. The van der Waals surface area contributed by atoms with E-state index in [1.807, 2.05) is 36.4 Å². The SMILES string of the molecule is COc1ccc(/C=N\NC(=O)c2ccccc2Cl)cc1CSc1nc2ccccc2s1. The van der Waals surface area contributed by atoms with E-state index < -0.39 is 0 Å². The number of methoxy groups -OCH3 is 1. The monoisotopic (exact) mass is 467 g/mol. The summed E-state index contributed by atoms with van der Waals surface area (Å²) in [7, 11) is 1.65. The highest BCUT2D eigenvalue weighted by Crippen LogP contribution is 2.33. The number of carbonyl (C=O) groups excluding carboxylic acids is 1. The van der Waals surface area contributed by atoms with Gasteiger partial charge in [-0.3, -0.25) is 4.79 Å². The summed E-state index contributed by atoms with van der Waals surface area (Å²) in [5, 5.41) is 4.44. The van der Waals surface area contributed by atoms with Crippen molar-refractivity contribution in [2.24, 2.45) is 5.10 Å². The van der Waals surface area contributed by atoms with E-state index in [2.05, 4.69) is 21.6 Å². The second kappa shape index (κ2) is 9.96. The average Bonchev–Trinajstić information content (AvgIpc) is 3.21. The van der Waals surface area contributed by atoms with Crippen LogP contribution in [0.5, 0.6) is 5.75 Å². The minimum atomic E-state index is -0.359. The van der Waals surface area contributed by atoms with Gasteiger partial charge in [0.05, 0.1) is 34.1 Å². The van der Waals surface area contributed by atoms with Crippen molar-refractivity contribution in [1.82, 2.24) is 10.4 Å². The topological polar surface area (TPSA) is 63.6 Å².